The molecule has 5 nitrogen and oxygen atoms in total. The third-order valence-corrected chi connectivity index (χ3v) is 4.54. The molecule has 1 saturated heterocycles. The van der Waals surface area contributed by atoms with Crippen molar-refractivity contribution >= 4 is 15.9 Å². The van der Waals surface area contributed by atoms with Gasteiger partial charge in [0.1, 0.15) is 0 Å². The highest BCUT2D eigenvalue weighted by Gasteiger charge is 2.39. The average Bonchev–Trinajstić information content (AvgIpc) is 2.40. The Morgan fingerprint density at radius 2 is 2.19 bits per heavy atom. The van der Waals surface area contributed by atoms with Crippen LogP contribution in [-0.2, 0) is 14.6 Å². The van der Waals surface area contributed by atoms with Gasteiger partial charge >= 0.3 is 6.09 Å². The molecule has 16 heavy (non-hydrogen) atoms. The molecule has 0 aromatic carbocycles. The zero-order valence-electron chi connectivity index (χ0n) is 9.78. The molecule has 1 N–H and O–H groups in total. The second kappa shape index (κ2) is 5.03. The molecule has 0 aliphatic carbocycles. The van der Waals surface area contributed by atoms with Crippen molar-refractivity contribution in [3.63, 3.8) is 0 Å². The lowest BCUT2D eigenvalue weighted by Crippen LogP contribution is -2.47. The normalized spacial score (nSPS) is 27.6. The van der Waals surface area contributed by atoms with Crippen LogP contribution in [0.4, 0.5) is 4.79 Å². The van der Waals surface area contributed by atoms with Crippen LogP contribution >= 0.6 is 0 Å². The number of hydrogen-bond acceptors (Lipinski definition) is 4. The third kappa shape index (κ3) is 4.00. The van der Waals surface area contributed by atoms with Crippen molar-refractivity contribution in [1.82, 2.24) is 5.32 Å². The van der Waals surface area contributed by atoms with Gasteiger partial charge in [0.25, 0.3) is 0 Å². The molecular formula is C10H19NO4S. The van der Waals surface area contributed by atoms with Gasteiger partial charge in [-0.1, -0.05) is 13.3 Å². The molecule has 1 aliphatic heterocycles. The van der Waals surface area contributed by atoms with E-state index < -0.39 is 21.5 Å². The second-order valence-corrected chi connectivity index (χ2v) is 6.70. The molecule has 1 aliphatic rings. The number of nitrogens with one attached hydrogen (secondary N) is 1. The van der Waals surface area contributed by atoms with Gasteiger partial charge in [-0.05, 0) is 19.8 Å². The molecule has 0 bridgehead atoms. The largest absolute Gasteiger partial charge is 0.450 e. The summed E-state index contributed by atoms with van der Waals surface area (Å²) in [5.41, 5.74) is -0.665. The smallest absolute Gasteiger partial charge is 0.407 e. The first-order valence-electron chi connectivity index (χ1n) is 5.52. The Morgan fingerprint density at radius 3 is 2.69 bits per heavy atom. The molecule has 1 heterocycles. The van der Waals surface area contributed by atoms with E-state index in [2.05, 4.69) is 5.32 Å². The maximum absolute atomic E-state index is 11.4. The van der Waals surface area contributed by atoms with Gasteiger partial charge in [-0.3, -0.25) is 0 Å². The summed E-state index contributed by atoms with van der Waals surface area (Å²) >= 11 is 0. The van der Waals surface area contributed by atoms with Crippen LogP contribution in [0.1, 0.15) is 33.1 Å². The summed E-state index contributed by atoms with van der Waals surface area (Å²) in [6.45, 7) is 4.12. The maximum atomic E-state index is 11.4. The van der Waals surface area contributed by atoms with E-state index >= 15 is 0 Å². The molecule has 0 spiro atoms. The first kappa shape index (κ1) is 13.3. The van der Waals surface area contributed by atoms with E-state index in [9.17, 15) is 13.2 Å². The zero-order chi connectivity index (χ0) is 12.2. The summed E-state index contributed by atoms with van der Waals surface area (Å²) in [6.07, 6.45) is 1.72. The fraction of sp³-hybridized carbons (Fsp3) is 0.900. The molecule has 94 valence electrons. The van der Waals surface area contributed by atoms with Crippen LogP contribution in [-0.4, -0.2) is 38.2 Å². The van der Waals surface area contributed by atoms with E-state index in [1.807, 2.05) is 6.92 Å². The van der Waals surface area contributed by atoms with Crippen LogP contribution in [0.2, 0.25) is 0 Å². The molecule has 0 saturated carbocycles. The van der Waals surface area contributed by atoms with Crippen molar-refractivity contribution in [1.29, 1.82) is 0 Å². The Bertz CT molecular complexity index is 352. The van der Waals surface area contributed by atoms with E-state index in [1.54, 1.807) is 6.92 Å². The third-order valence-electron chi connectivity index (χ3n) is 2.64. The zero-order valence-corrected chi connectivity index (χ0v) is 10.6. The molecule has 0 unspecified atom stereocenters. The molecule has 1 fully saturated rings. The predicted molar refractivity (Wildman–Crippen MR) is 61.1 cm³/mol. The van der Waals surface area contributed by atoms with Gasteiger partial charge in [-0.25, -0.2) is 13.2 Å². The van der Waals surface area contributed by atoms with Gasteiger partial charge in [-0.2, -0.15) is 0 Å². The van der Waals surface area contributed by atoms with Gasteiger partial charge in [0.15, 0.2) is 9.84 Å². The quantitative estimate of drug-likeness (QED) is 0.757. The van der Waals surface area contributed by atoms with Crippen molar-refractivity contribution < 1.29 is 17.9 Å². The van der Waals surface area contributed by atoms with Crippen molar-refractivity contribution in [2.45, 2.75) is 38.6 Å². The van der Waals surface area contributed by atoms with Gasteiger partial charge in [0, 0.05) is 0 Å². The maximum Gasteiger partial charge on any atom is 0.407 e. The van der Waals surface area contributed by atoms with Gasteiger partial charge in [-0.15, -0.1) is 0 Å². The van der Waals surface area contributed by atoms with Crippen molar-refractivity contribution in [2.24, 2.45) is 0 Å². The highest BCUT2D eigenvalue weighted by Crippen LogP contribution is 2.22. The summed E-state index contributed by atoms with van der Waals surface area (Å²) in [7, 11) is -2.99. The minimum Gasteiger partial charge on any atom is -0.450 e. The highest BCUT2D eigenvalue weighted by molar-refractivity contribution is 7.91. The van der Waals surface area contributed by atoms with E-state index in [0.29, 0.717) is 13.0 Å². The molecule has 1 atom stereocenters. The number of alkyl carbamates (subject to hydrolysis) is 1. The molecule has 1 rings (SSSR count). The van der Waals surface area contributed by atoms with Crippen molar-refractivity contribution in [3.05, 3.63) is 0 Å². The van der Waals surface area contributed by atoms with Crippen LogP contribution < -0.4 is 5.32 Å². The molecule has 0 aromatic heterocycles. The molecule has 0 aromatic rings. The summed E-state index contributed by atoms with van der Waals surface area (Å²) in [6, 6.07) is 0. The lowest BCUT2D eigenvalue weighted by atomic mass is 10.0. The van der Waals surface area contributed by atoms with Crippen LogP contribution in [0, 0.1) is 0 Å². The first-order valence-corrected chi connectivity index (χ1v) is 7.34. The summed E-state index contributed by atoms with van der Waals surface area (Å²) in [5, 5.41) is 2.63. The van der Waals surface area contributed by atoms with Gasteiger partial charge < -0.3 is 10.1 Å². The molecule has 1 amide bonds. The number of hydrogen-bond donors (Lipinski definition) is 1. The number of amides is 1. The van der Waals surface area contributed by atoms with Crippen molar-refractivity contribution in [2.75, 3.05) is 18.1 Å². The SMILES string of the molecule is CCCCOC(=O)N[C@@]1(C)CCS(=O)(=O)C1. The monoisotopic (exact) mass is 249 g/mol. The minimum absolute atomic E-state index is 0.00285. The highest BCUT2D eigenvalue weighted by atomic mass is 32.2. The number of unbranched alkanes of at least 4 members (excludes halogenated alkanes) is 1. The number of carbonyl (C=O) groups excluding carboxylic acids is 1. The van der Waals surface area contributed by atoms with Crippen LogP contribution in [0.25, 0.3) is 0 Å². The summed E-state index contributed by atoms with van der Waals surface area (Å²) in [4.78, 5) is 11.4. The Kier molecular flexibility index (Phi) is 4.18. The number of ether oxygens (including phenoxy) is 1. The number of sulfone groups is 1. The van der Waals surface area contributed by atoms with Gasteiger partial charge in [0.2, 0.25) is 0 Å². The Labute approximate surface area is 96.5 Å². The standard InChI is InChI=1S/C10H19NO4S/c1-3-4-6-15-9(12)11-10(2)5-7-16(13,14)8-10/h3-8H2,1-2H3,(H,11,12)/t10-/m0/s1. The fourth-order valence-corrected chi connectivity index (χ4v) is 3.79. The van der Waals surface area contributed by atoms with E-state index in [-0.39, 0.29) is 11.5 Å². The van der Waals surface area contributed by atoms with E-state index in [1.165, 1.54) is 0 Å². The minimum atomic E-state index is -2.99. The second-order valence-electron chi connectivity index (χ2n) is 4.52. The average molecular weight is 249 g/mol. The Hall–Kier alpha value is -0.780. The topological polar surface area (TPSA) is 72.5 Å². The first-order chi connectivity index (χ1) is 7.37. The lowest BCUT2D eigenvalue weighted by molar-refractivity contribution is 0.135. The summed E-state index contributed by atoms with van der Waals surface area (Å²) in [5.74, 6) is 0.140. The molecule has 0 radical (unpaired) electrons. The number of carbonyl (C=O) groups is 1. The van der Waals surface area contributed by atoms with Gasteiger partial charge in [0.05, 0.1) is 23.7 Å². The van der Waals surface area contributed by atoms with Crippen LogP contribution in [0.15, 0.2) is 0 Å². The fourth-order valence-electron chi connectivity index (χ4n) is 1.70. The lowest BCUT2D eigenvalue weighted by Gasteiger charge is -2.23. The Balaban J connectivity index is 2.39. The predicted octanol–water partition coefficient (Wildman–Crippen LogP) is 1.09. The number of rotatable bonds is 4. The van der Waals surface area contributed by atoms with E-state index in [0.717, 1.165) is 12.8 Å². The van der Waals surface area contributed by atoms with Crippen molar-refractivity contribution in [3.8, 4) is 0 Å². The van der Waals surface area contributed by atoms with E-state index in [4.69, 9.17) is 4.74 Å². The Morgan fingerprint density at radius 1 is 1.50 bits per heavy atom. The molecule has 6 heteroatoms. The van der Waals surface area contributed by atoms with Crippen LogP contribution in [0.5, 0.6) is 0 Å². The molecular weight excluding hydrogens is 230 g/mol. The summed E-state index contributed by atoms with van der Waals surface area (Å²) < 4.78 is 27.5. The van der Waals surface area contributed by atoms with Crippen LogP contribution in [0.3, 0.4) is 0 Å².